The van der Waals surface area contributed by atoms with Gasteiger partial charge in [-0.15, -0.1) is 0 Å². The van der Waals surface area contributed by atoms with Crippen molar-refractivity contribution in [2.75, 3.05) is 26.5 Å². The van der Waals surface area contributed by atoms with Crippen LogP contribution >= 0.6 is 23.4 Å². The molecule has 0 aromatic heterocycles. The fourth-order valence-electron chi connectivity index (χ4n) is 3.60. The minimum absolute atomic E-state index is 0.249. The lowest BCUT2D eigenvalue weighted by Crippen LogP contribution is -2.46. The topological polar surface area (TPSA) is 99.4 Å². The van der Waals surface area contributed by atoms with E-state index in [9.17, 15) is 13.5 Å². The smallest absolute Gasteiger partial charge is 0.261 e. The summed E-state index contributed by atoms with van der Waals surface area (Å²) in [5.41, 5.74) is 0.543. The lowest BCUT2D eigenvalue weighted by Gasteiger charge is -2.38. The summed E-state index contributed by atoms with van der Waals surface area (Å²) in [6.45, 7) is 1.57. The maximum atomic E-state index is 12.0. The molecule has 2 N–H and O–H groups in total. The largest absolute Gasteiger partial charge is 0.497 e. The molecule has 2 unspecified atom stereocenters. The maximum Gasteiger partial charge on any atom is 0.261 e. The first-order valence-corrected chi connectivity index (χ1v) is 12.8. The van der Waals surface area contributed by atoms with E-state index in [0.717, 1.165) is 48.0 Å². The molecule has 31 heavy (non-hydrogen) atoms. The number of nitrogens with zero attached hydrogens (tertiary/aromatic N) is 2. The SMILES string of the molecule is COc1ccc(C2(O)C(c3ccccc3Cl)SC3=NCCCCN32)cc1.CS(=O)(=O)O. The first-order chi connectivity index (χ1) is 14.6. The lowest BCUT2D eigenvalue weighted by atomic mass is 9.92. The van der Waals surface area contributed by atoms with Gasteiger partial charge < -0.3 is 14.7 Å². The number of hydrogen-bond donors (Lipinski definition) is 2. The van der Waals surface area contributed by atoms with Crippen molar-refractivity contribution < 1.29 is 22.8 Å². The van der Waals surface area contributed by atoms with Gasteiger partial charge in [-0.05, 0) is 36.6 Å². The molecule has 10 heteroatoms. The first-order valence-electron chi connectivity index (χ1n) is 9.67. The zero-order valence-electron chi connectivity index (χ0n) is 17.2. The fraction of sp³-hybridized carbons (Fsp3) is 0.381. The normalized spacial score (nSPS) is 23.2. The first kappa shape index (κ1) is 23.9. The van der Waals surface area contributed by atoms with Crippen molar-refractivity contribution in [3.8, 4) is 5.75 Å². The third kappa shape index (κ3) is 5.53. The molecule has 168 valence electrons. The van der Waals surface area contributed by atoms with Gasteiger partial charge in [0.2, 0.25) is 0 Å². The van der Waals surface area contributed by atoms with Gasteiger partial charge in [0.15, 0.2) is 10.9 Å². The van der Waals surface area contributed by atoms with Crippen LogP contribution in [0.2, 0.25) is 5.02 Å². The van der Waals surface area contributed by atoms with Crippen molar-refractivity contribution >= 4 is 38.6 Å². The molecule has 2 aromatic rings. The summed E-state index contributed by atoms with van der Waals surface area (Å²) in [7, 11) is -2.03. The van der Waals surface area contributed by atoms with Crippen LogP contribution in [0.15, 0.2) is 53.5 Å². The third-order valence-electron chi connectivity index (χ3n) is 4.97. The van der Waals surface area contributed by atoms with Crippen LogP contribution in [-0.4, -0.2) is 54.6 Å². The van der Waals surface area contributed by atoms with Gasteiger partial charge in [-0.2, -0.15) is 8.42 Å². The van der Waals surface area contributed by atoms with Crippen molar-refractivity contribution in [1.29, 1.82) is 0 Å². The Labute approximate surface area is 191 Å². The number of fused-ring (bicyclic) bond motifs is 1. The maximum absolute atomic E-state index is 12.0. The molecule has 2 aliphatic rings. The van der Waals surface area contributed by atoms with Gasteiger partial charge in [-0.25, -0.2) is 0 Å². The zero-order valence-corrected chi connectivity index (χ0v) is 19.6. The Balaban J connectivity index is 0.000000491. The molecular formula is C21H25ClN2O5S2. The van der Waals surface area contributed by atoms with Crippen molar-refractivity contribution in [2.45, 2.75) is 23.8 Å². The van der Waals surface area contributed by atoms with E-state index in [4.69, 9.17) is 25.9 Å². The standard InChI is InChI=1S/C20H21ClN2O2S.CH4O3S/c1-25-15-10-8-14(9-11-15)20(24)18(16-6-2-3-7-17(16)21)26-19-22-12-4-5-13-23(19)20;1-5(2,3)4/h2-3,6-11,18,24H,4-5,12-13H2,1H3;1H3,(H,2,3,4). The molecular weight excluding hydrogens is 460 g/mol. The van der Waals surface area contributed by atoms with E-state index in [2.05, 4.69) is 0 Å². The number of methoxy groups -OCH3 is 1. The van der Waals surface area contributed by atoms with Crippen molar-refractivity contribution in [3.05, 3.63) is 64.7 Å². The molecule has 0 aliphatic carbocycles. The van der Waals surface area contributed by atoms with Crippen LogP contribution in [-0.2, 0) is 15.8 Å². The molecule has 0 spiro atoms. The molecule has 2 aliphatic heterocycles. The molecule has 2 atom stereocenters. The quantitative estimate of drug-likeness (QED) is 0.636. The molecule has 0 radical (unpaired) electrons. The van der Waals surface area contributed by atoms with E-state index in [-0.39, 0.29) is 5.25 Å². The highest BCUT2D eigenvalue weighted by molar-refractivity contribution is 8.14. The summed E-state index contributed by atoms with van der Waals surface area (Å²) in [6.07, 6.45) is 2.75. The van der Waals surface area contributed by atoms with Gasteiger partial charge in [0.25, 0.3) is 10.1 Å². The number of thioether (sulfide) groups is 1. The minimum atomic E-state index is -3.67. The second-order valence-electron chi connectivity index (χ2n) is 7.23. The third-order valence-corrected chi connectivity index (χ3v) is 6.69. The Bertz CT molecular complexity index is 1040. The average Bonchev–Trinajstić information content (AvgIpc) is 2.86. The number of aliphatic imine (C=N–C) groups is 1. The van der Waals surface area contributed by atoms with Crippen LogP contribution < -0.4 is 4.74 Å². The predicted molar refractivity (Wildman–Crippen MR) is 124 cm³/mol. The molecule has 2 aromatic carbocycles. The number of benzene rings is 2. The van der Waals surface area contributed by atoms with Crippen LogP contribution in [0.25, 0.3) is 0 Å². The number of amidine groups is 1. The summed E-state index contributed by atoms with van der Waals surface area (Å²) >= 11 is 8.09. The molecule has 2 heterocycles. The van der Waals surface area contributed by atoms with Gasteiger partial charge in [0.05, 0.1) is 18.6 Å². The van der Waals surface area contributed by atoms with Crippen molar-refractivity contribution in [3.63, 3.8) is 0 Å². The molecule has 1 fully saturated rings. The fourth-order valence-corrected chi connectivity index (χ4v) is 5.40. The van der Waals surface area contributed by atoms with Gasteiger partial charge in [-0.1, -0.05) is 53.7 Å². The van der Waals surface area contributed by atoms with Crippen LogP contribution in [0, 0.1) is 0 Å². The average molecular weight is 485 g/mol. The van der Waals surface area contributed by atoms with Gasteiger partial charge in [-0.3, -0.25) is 9.55 Å². The minimum Gasteiger partial charge on any atom is -0.497 e. The van der Waals surface area contributed by atoms with Crippen molar-refractivity contribution in [1.82, 2.24) is 4.90 Å². The van der Waals surface area contributed by atoms with Gasteiger partial charge >= 0.3 is 0 Å². The number of hydrogen-bond acceptors (Lipinski definition) is 7. The van der Waals surface area contributed by atoms with E-state index in [1.807, 2.05) is 53.4 Å². The lowest BCUT2D eigenvalue weighted by molar-refractivity contribution is -0.0712. The molecule has 0 amide bonds. The zero-order chi connectivity index (χ0) is 22.6. The predicted octanol–water partition coefficient (Wildman–Crippen LogP) is 3.94. The van der Waals surface area contributed by atoms with Crippen LogP contribution in [0.4, 0.5) is 0 Å². The second kappa shape index (κ2) is 9.79. The van der Waals surface area contributed by atoms with E-state index in [1.54, 1.807) is 18.9 Å². The molecule has 0 bridgehead atoms. The Hall–Kier alpha value is -1.78. The van der Waals surface area contributed by atoms with Crippen LogP contribution in [0.5, 0.6) is 5.75 Å². The monoisotopic (exact) mass is 484 g/mol. The Morgan fingerprint density at radius 1 is 1.19 bits per heavy atom. The van der Waals surface area contributed by atoms with Gasteiger partial charge in [0.1, 0.15) is 5.75 Å². The summed E-state index contributed by atoms with van der Waals surface area (Å²) in [6, 6.07) is 15.4. The summed E-state index contributed by atoms with van der Waals surface area (Å²) < 4.78 is 31.1. The Morgan fingerprint density at radius 2 is 1.84 bits per heavy atom. The van der Waals surface area contributed by atoms with Crippen molar-refractivity contribution in [2.24, 2.45) is 4.99 Å². The summed E-state index contributed by atoms with van der Waals surface area (Å²) in [5, 5.41) is 13.3. The van der Waals surface area contributed by atoms with E-state index < -0.39 is 15.8 Å². The number of aliphatic hydroxyl groups is 1. The highest BCUT2D eigenvalue weighted by atomic mass is 35.5. The Kier molecular flexibility index (Phi) is 7.54. The van der Waals surface area contributed by atoms with Gasteiger partial charge in [0, 0.05) is 23.7 Å². The Morgan fingerprint density at radius 3 is 2.45 bits per heavy atom. The molecule has 7 nitrogen and oxygen atoms in total. The van der Waals surface area contributed by atoms with E-state index >= 15 is 0 Å². The van der Waals surface area contributed by atoms with Crippen LogP contribution in [0.3, 0.4) is 0 Å². The number of ether oxygens (including phenoxy) is 1. The number of rotatable bonds is 3. The number of halogens is 1. The highest BCUT2D eigenvalue weighted by Crippen LogP contribution is 2.55. The van der Waals surface area contributed by atoms with E-state index in [1.165, 1.54) is 0 Å². The second-order valence-corrected chi connectivity index (χ2v) is 10.2. The summed E-state index contributed by atoms with van der Waals surface area (Å²) in [4.78, 5) is 6.77. The highest BCUT2D eigenvalue weighted by Gasteiger charge is 2.53. The molecule has 0 saturated carbocycles. The molecule has 4 rings (SSSR count). The van der Waals surface area contributed by atoms with E-state index in [0.29, 0.717) is 11.3 Å². The summed E-state index contributed by atoms with van der Waals surface area (Å²) in [5.74, 6) is 0.766. The molecule has 1 saturated heterocycles. The van der Waals surface area contributed by atoms with Crippen LogP contribution in [0.1, 0.15) is 29.2 Å².